The normalized spacial score (nSPS) is 11.5. The number of ether oxygens (including phenoxy) is 1. The van der Waals surface area contributed by atoms with E-state index in [1.54, 1.807) is 30.3 Å². The first-order chi connectivity index (χ1) is 15.6. The molecule has 33 heavy (non-hydrogen) atoms. The van der Waals surface area contributed by atoms with Crippen LogP contribution in [0.4, 0.5) is 5.69 Å². The van der Waals surface area contributed by atoms with Crippen LogP contribution >= 0.6 is 46.4 Å². The number of sulfonamides is 1. The number of carbonyl (C=O) groups is 1. The first-order valence-corrected chi connectivity index (χ1v) is 12.4. The van der Waals surface area contributed by atoms with E-state index in [9.17, 15) is 13.2 Å². The molecular formula is C22H18Cl4N2O4S. The molecule has 0 fully saturated rings. The lowest BCUT2D eigenvalue weighted by molar-refractivity contribution is -0.116. The lowest BCUT2D eigenvalue weighted by atomic mass is 10.2. The van der Waals surface area contributed by atoms with Gasteiger partial charge in [0.15, 0.2) is 0 Å². The van der Waals surface area contributed by atoms with E-state index in [0.717, 1.165) is 4.31 Å². The fraction of sp³-hybridized carbons (Fsp3) is 0.136. The standard InChI is InChI=1S/C22H18Cl4N2O4S/c1-32-21-9-5-16(24)11-20(21)27-22(29)13-28(12-14-2-8-18(25)19(26)10-14)33(30,31)17-6-3-15(23)4-7-17/h2-11H,12-13H2,1H3,(H,27,29). The van der Waals surface area contributed by atoms with Crippen molar-refractivity contribution in [1.82, 2.24) is 4.31 Å². The maximum Gasteiger partial charge on any atom is 0.243 e. The third-order valence-corrected chi connectivity index (χ3v) is 7.58. The van der Waals surface area contributed by atoms with Crippen molar-refractivity contribution in [3.05, 3.63) is 86.3 Å². The fourth-order valence-corrected chi connectivity index (χ4v) is 4.95. The summed E-state index contributed by atoms with van der Waals surface area (Å²) in [5.74, 6) is -0.211. The van der Waals surface area contributed by atoms with Gasteiger partial charge in [-0.25, -0.2) is 8.42 Å². The van der Waals surface area contributed by atoms with E-state index in [-0.39, 0.29) is 16.5 Å². The zero-order valence-electron chi connectivity index (χ0n) is 17.2. The van der Waals surface area contributed by atoms with Gasteiger partial charge in [0.25, 0.3) is 0 Å². The SMILES string of the molecule is COc1ccc(Cl)cc1NC(=O)CN(Cc1ccc(Cl)c(Cl)c1)S(=O)(=O)c1ccc(Cl)cc1. The minimum atomic E-state index is -4.07. The van der Waals surface area contributed by atoms with Crippen LogP contribution in [0.15, 0.2) is 65.6 Å². The molecule has 174 valence electrons. The zero-order chi connectivity index (χ0) is 24.2. The molecular weight excluding hydrogens is 530 g/mol. The van der Waals surface area contributed by atoms with E-state index in [1.165, 1.54) is 37.4 Å². The van der Waals surface area contributed by atoms with E-state index in [0.29, 0.717) is 32.1 Å². The van der Waals surface area contributed by atoms with Gasteiger partial charge in [0.1, 0.15) is 5.75 Å². The molecule has 0 radical (unpaired) electrons. The second-order valence-corrected chi connectivity index (χ2v) is 10.5. The number of nitrogens with zero attached hydrogens (tertiary/aromatic N) is 1. The lowest BCUT2D eigenvalue weighted by Gasteiger charge is -2.22. The number of benzene rings is 3. The number of hydrogen-bond acceptors (Lipinski definition) is 4. The highest BCUT2D eigenvalue weighted by molar-refractivity contribution is 7.89. The molecule has 1 N–H and O–H groups in total. The molecule has 0 aromatic heterocycles. The van der Waals surface area contributed by atoms with Gasteiger partial charge in [0, 0.05) is 16.6 Å². The van der Waals surface area contributed by atoms with Gasteiger partial charge in [0.05, 0.1) is 34.3 Å². The van der Waals surface area contributed by atoms with Crippen molar-refractivity contribution in [2.75, 3.05) is 19.0 Å². The van der Waals surface area contributed by atoms with Gasteiger partial charge in [-0.05, 0) is 60.2 Å². The highest BCUT2D eigenvalue weighted by Gasteiger charge is 2.27. The smallest absolute Gasteiger partial charge is 0.243 e. The summed E-state index contributed by atoms with van der Waals surface area (Å²) in [6, 6.07) is 15.1. The zero-order valence-corrected chi connectivity index (χ0v) is 21.0. The molecule has 3 aromatic carbocycles. The lowest BCUT2D eigenvalue weighted by Crippen LogP contribution is -2.37. The topological polar surface area (TPSA) is 75.7 Å². The number of nitrogens with one attached hydrogen (secondary N) is 1. The maximum atomic E-state index is 13.4. The van der Waals surface area contributed by atoms with Gasteiger partial charge in [-0.15, -0.1) is 0 Å². The van der Waals surface area contributed by atoms with Crippen LogP contribution in [-0.2, 0) is 21.4 Å². The van der Waals surface area contributed by atoms with Gasteiger partial charge in [-0.1, -0.05) is 52.5 Å². The van der Waals surface area contributed by atoms with Crippen molar-refractivity contribution in [1.29, 1.82) is 0 Å². The summed E-state index contributed by atoms with van der Waals surface area (Å²) in [4.78, 5) is 12.8. The highest BCUT2D eigenvalue weighted by atomic mass is 35.5. The van der Waals surface area contributed by atoms with E-state index in [4.69, 9.17) is 51.1 Å². The Morgan fingerprint density at radius 3 is 2.21 bits per heavy atom. The van der Waals surface area contributed by atoms with E-state index in [2.05, 4.69) is 5.32 Å². The number of halogens is 4. The third kappa shape index (κ3) is 6.53. The number of hydrogen-bond donors (Lipinski definition) is 1. The molecule has 3 aromatic rings. The van der Waals surface area contributed by atoms with Crippen molar-refractivity contribution in [3.63, 3.8) is 0 Å². The van der Waals surface area contributed by atoms with Crippen LogP contribution in [0.5, 0.6) is 5.75 Å². The van der Waals surface area contributed by atoms with Gasteiger partial charge in [-0.2, -0.15) is 4.31 Å². The predicted octanol–water partition coefficient (Wildman–Crippen LogP) is 6.14. The van der Waals surface area contributed by atoms with Crippen LogP contribution in [0.2, 0.25) is 20.1 Å². The van der Waals surface area contributed by atoms with E-state index < -0.39 is 22.5 Å². The number of anilines is 1. The first kappa shape index (κ1) is 25.6. The largest absolute Gasteiger partial charge is 0.495 e. The summed E-state index contributed by atoms with van der Waals surface area (Å²) in [6.45, 7) is -0.608. The average Bonchev–Trinajstić information content (AvgIpc) is 2.76. The molecule has 0 spiro atoms. The van der Waals surface area contributed by atoms with Crippen LogP contribution in [0, 0.1) is 0 Å². The molecule has 1 amide bonds. The Balaban J connectivity index is 1.92. The molecule has 0 aliphatic heterocycles. The summed E-state index contributed by atoms with van der Waals surface area (Å²) in [5, 5.41) is 4.02. The van der Waals surface area contributed by atoms with Crippen LogP contribution in [0.1, 0.15) is 5.56 Å². The average molecular weight is 548 g/mol. The molecule has 0 saturated carbocycles. The molecule has 0 atom stereocenters. The fourth-order valence-electron chi connectivity index (χ4n) is 2.95. The number of carbonyl (C=O) groups excluding carboxylic acids is 1. The number of amides is 1. The Morgan fingerprint density at radius 1 is 0.909 bits per heavy atom. The van der Waals surface area contributed by atoms with E-state index >= 15 is 0 Å². The predicted molar refractivity (Wildman–Crippen MR) is 132 cm³/mol. The quantitative estimate of drug-likeness (QED) is 0.367. The molecule has 0 aliphatic rings. The summed E-state index contributed by atoms with van der Waals surface area (Å²) < 4.78 is 33.0. The Bertz CT molecular complexity index is 1270. The van der Waals surface area contributed by atoms with Gasteiger partial charge in [0.2, 0.25) is 15.9 Å². The monoisotopic (exact) mass is 546 g/mol. The minimum Gasteiger partial charge on any atom is -0.495 e. The summed E-state index contributed by atoms with van der Waals surface area (Å²) in [7, 11) is -2.62. The van der Waals surface area contributed by atoms with Gasteiger partial charge in [-0.3, -0.25) is 4.79 Å². The molecule has 11 heteroatoms. The van der Waals surface area contributed by atoms with Gasteiger partial charge >= 0.3 is 0 Å². The highest BCUT2D eigenvalue weighted by Crippen LogP contribution is 2.29. The Labute approximate surface area is 212 Å². The molecule has 0 saturated heterocycles. The molecule has 0 unspecified atom stereocenters. The first-order valence-electron chi connectivity index (χ1n) is 9.43. The summed E-state index contributed by atoms with van der Waals surface area (Å²) in [6.07, 6.45) is 0. The van der Waals surface area contributed by atoms with Crippen molar-refractivity contribution < 1.29 is 17.9 Å². The molecule has 6 nitrogen and oxygen atoms in total. The number of methoxy groups -OCH3 is 1. The summed E-state index contributed by atoms with van der Waals surface area (Å²) in [5.41, 5.74) is 0.864. The van der Waals surface area contributed by atoms with Crippen LogP contribution in [0.25, 0.3) is 0 Å². The van der Waals surface area contributed by atoms with Crippen LogP contribution in [-0.4, -0.2) is 32.3 Å². The van der Waals surface area contributed by atoms with Crippen molar-refractivity contribution >= 4 is 68.0 Å². The third-order valence-electron chi connectivity index (χ3n) is 4.55. The Hall–Kier alpha value is -2.00. The van der Waals surface area contributed by atoms with Crippen LogP contribution in [0.3, 0.4) is 0 Å². The van der Waals surface area contributed by atoms with Crippen molar-refractivity contribution in [2.45, 2.75) is 11.4 Å². The second-order valence-electron chi connectivity index (χ2n) is 6.87. The summed E-state index contributed by atoms with van der Waals surface area (Å²) >= 11 is 24.0. The molecule has 0 heterocycles. The van der Waals surface area contributed by atoms with Crippen molar-refractivity contribution in [3.8, 4) is 5.75 Å². The molecule has 0 bridgehead atoms. The van der Waals surface area contributed by atoms with Crippen LogP contribution < -0.4 is 10.1 Å². The molecule has 3 rings (SSSR count). The van der Waals surface area contributed by atoms with E-state index in [1.807, 2.05) is 0 Å². The Kier molecular flexibility index (Phi) is 8.50. The van der Waals surface area contributed by atoms with Gasteiger partial charge < -0.3 is 10.1 Å². The molecule has 0 aliphatic carbocycles. The second kappa shape index (κ2) is 11.0. The van der Waals surface area contributed by atoms with Crippen molar-refractivity contribution in [2.24, 2.45) is 0 Å². The maximum absolute atomic E-state index is 13.4. The minimum absolute atomic E-state index is 0.0138. The number of rotatable bonds is 8. The Morgan fingerprint density at radius 2 is 1.58 bits per heavy atom.